The van der Waals surface area contributed by atoms with Crippen molar-refractivity contribution in [2.24, 2.45) is 11.5 Å². The molecule has 0 unspecified atom stereocenters. The smallest absolute Gasteiger partial charge is 0.264 e. The summed E-state index contributed by atoms with van der Waals surface area (Å²) >= 11 is 0. The lowest BCUT2D eigenvalue weighted by Gasteiger charge is -1.94. The lowest BCUT2D eigenvalue weighted by molar-refractivity contribution is -0.114. The number of carbonyl (C=O) groups is 1. The predicted molar refractivity (Wildman–Crippen MR) is 47.8 cm³/mol. The van der Waals surface area contributed by atoms with Crippen LogP contribution in [0, 0.1) is 0 Å². The lowest BCUT2D eigenvalue weighted by atomic mass is 10.2. The number of hydrogen-bond donors (Lipinski definition) is 2. The molecular weight excluding hydrogens is 152 g/mol. The second-order valence-corrected chi connectivity index (χ2v) is 2.37. The highest BCUT2D eigenvalue weighted by atomic mass is 16.1. The number of amides is 1. The van der Waals surface area contributed by atoms with E-state index in [9.17, 15) is 4.79 Å². The van der Waals surface area contributed by atoms with Crippen LogP contribution in [0.15, 0.2) is 36.0 Å². The van der Waals surface area contributed by atoms with E-state index in [1.165, 1.54) is 0 Å². The Balaban J connectivity index is 2.89. The number of benzene rings is 1. The Morgan fingerprint density at radius 2 is 1.75 bits per heavy atom. The summed E-state index contributed by atoms with van der Waals surface area (Å²) in [6, 6.07) is 9.30. The van der Waals surface area contributed by atoms with E-state index in [0.29, 0.717) is 0 Å². The van der Waals surface area contributed by atoms with E-state index in [-0.39, 0.29) is 5.70 Å². The van der Waals surface area contributed by atoms with Crippen molar-refractivity contribution in [1.29, 1.82) is 0 Å². The molecule has 0 aromatic heterocycles. The van der Waals surface area contributed by atoms with Gasteiger partial charge >= 0.3 is 0 Å². The van der Waals surface area contributed by atoms with Crippen molar-refractivity contribution in [3.63, 3.8) is 0 Å². The van der Waals surface area contributed by atoms with Gasteiger partial charge in [0.2, 0.25) is 0 Å². The first-order chi connectivity index (χ1) is 5.70. The summed E-state index contributed by atoms with van der Waals surface area (Å²) in [5.41, 5.74) is 11.2. The zero-order chi connectivity index (χ0) is 8.97. The average Bonchev–Trinajstić information content (AvgIpc) is 2.06. The topological polar surface area (TPSA) is 69.1 Å². The first kappa shape index (κ1) is 8.33. The molecule has 12 heavy (non-hydrogen) atoms. The molecule has 3 nitrogen and oxygen atoms in total. The van der Waals surface area contributed by atoms with Gasteiger partial charge in [0.15, 0.2) is 0 Å². The summed E-state index contributed by atoms with van der Waals surface area (Å²) in [5, 5.41) is 0. The van der Waals surface area contributed by atoms with Crippen molar-refractivity contribution in [3.8, 4) is 0 Å². The Bertz CT molecular complexity index is 304. The van der Waals surface area contributed by atoms with Crippen LogP contribution in [-0.2, 0) is 4.79 Å². The van der Waals surface area contributed by atoms with Crippen molar-refractivity contribution >= 4 is 12.0 Å². The first-order valence-corrected chi connectivity index (χ1v) is 3.52. The SMILES string of the molecule is NC(=O)C(N)=Cc1ccccc1. The summed E-state index contributed by atoms with van der Waals surface area (Å²) in [6.45, 7) is 0. The molecule has 0 aliphatic carbocycles. The number of hydrogen-bond acceptors (Lipinski definition) is 2. The summed E-state index contributed by atoms with van der Waals surface area (Å²) in [4.78, 5) is 10.5. The van der Waals surface area contributed by atoms with Gasteiger partial charge in [0.25, 0.3) is 5.91 Å². The fourth-order valence-electron chi connectivity index (χ4n) is 0.800. The van der Waals surface area contributed by atoms with E-state index in [1.807, 2.05) is 30.3 Å². The standard InChI is InChI=1S/C9H10N2O/c10-8(9(11)12)6-7-4-2-1-3-5-7/h1-6H,10H2,(H2,11,12). The van der Waals surface area contributed by atoms with Gasteiger partial charge in [-0.25, -0.2) is 0 Å². The van der Waals surface area contributed by atoms with E-state index in [1.54, 1.807) is 6.08 Å². The fourth-order valence-corrected chi connectivity index (χ4v) is 0.800. The minimum Gasteiger partial charge on any atom is -0.394 e. The molecule has 0 radical (unpaired) electrons. The third kappa shape index (κ3) is 2.12. The van der Waals surface area contributed by atoms with Gasteiger partial charge in [0, 0.05) is 0 Å². The van der Waals surface area contributed by atoms with Gasteiger partial charge in [-0.15, -0.1) is 0 Å². The molecule has 0 aliphatic heterocycles. The molecule has 0 heterocycles. The van der Waals surface area contributed by atoms with Crippen molar-refractivity contribution in [3.05, 3.63) is 41.6 Å². The highest BCUT2D eigenvalue weighted by Gasteiger charge is 1.96. The van der Waals surface area contributed by atoms with Gasteiger partial charge in [-0.3, -0.25) is 4.79 Å². The molecule has 0 saturated carbocycles. The molecule has 0 saturated heterocycles. The molecule has 0 bridgehead atoms. The largest absolute Gasteiger partial charge is 0.394 e. The summed E-state index contributed by atoms with van der Waals surface area (Å²) in [6.07, 6.45) is 1.54. The zero-order valence-corrected chi connectivity index (χ0v) is 6.53. The molecule has 0 spiro atoms. The molecule has 0 fully saturated rings. The number of primary amides is 1. The Morgan fingerprint density at radius 3 is 2.25 bits per heavy atom. The van der Waals surface area contributed by atoms with Crippen LogP contribution in [0.4, 0.5) is 0 Å². The van der Waals surface area contributed by atoms with Crippen LogP contribution in [0.2, 0.25) is 0 Å². The van der Waals surface area contributed by atoms with E-state index in [0.717, 1.165) is 5.56 Å². The maximum absolute atomic E-state index is 10.5. The van der Waals surface area contributed by atoms with E-state index in [2.05, 4.69) is 0 Å². The third-order valence-electron chi connectivity index (χ3n) is 1.41. The van der Waals surface area contributed by atoms with Crippen molar-refractivity contribution in [2.75, 3.05) is 0 Å². The van der Waals surface area contributed by atoms with Crippen molar-refractivity contribution in [1.82, 2.24) is 0 Å². The van der Waals surface area contributed by atoms with Crippen LogP contribution < -0.4 is 11.5 Å². The van der Waals surface area contributed by atoms with Crippen molar-refractivity contribution < 1.29 is 4.79 Å². The minimum atomic E-state index is -0.598. The Kier molecular flexibility index (Phi) is 2.48. The Labute approximate surface area is 70.7 Å². The highest BCUT2D eigenvalue weighted by molar-refractivity contribution is 5.95. The molecule has 1 rings (SSSR count). The van der Waals surface area contributed by atoms with Crippen LogP contribution in [0.5, 0.6) is 0 Å². The van der Waals surface area contributed by atoms with Gasteiger partial charge in [-0.1, -0.05) is 30.3 Å². The second-order valence-electron chi connectivity index (χ2n) is 2.37. The van der Waals surface area contributed by atoms with Gasteiger partial charge in [-0.05, 0) is 11.6 Å². The Morgan fingerprint density at radius 1 is 1.17 bits per heavy atom. The van der Waals surface area contributed by atoms with E-state index < -0.39 is 5.91 Å². The first-order valence-electron chi connectivity index (χ1n) is 3.52. The quantitative estimate of drug-likeness (QED) is 0.621. The molecule has 62 valence electrons. The van der Waals surface area contributed by atoms with Gasteiger partial charge < -0.3 is 11.5 Å². The normalized spacial score (nSPS) is 11.2. The molecular formula is C9H10N2O. The fraction of sp³-hybridized carbons (Fsp3) is 0. The van der Waals surface area contributed by atoms with Gasteiger partial charge in [0.05, 0.1) is 5.70 Å². The molecule has 4 N–H and O–H groups in total. The Hall–Kier alpha value is -1.77. The van der Waals surface area contributed by atoms with E-state index in [4.69, 9.17) is 11.5 Å². The molecule has 1 aromatic rings. The third-order valence-corrected chi connectivity index (χ3v) is 1.41. The van der Waals surface area contributed by atoms with E-state index >= 15 is 0 Å². The zero-order valence-electron chi connectivity index (χ0n) is 6.53. The molecule has 3 heteroatoms. The van der Waals surface area contributed by atoms with Crippen LogP contribution in [-0.4, -0.2) is 5.91 Å². The number of carbonyl (C=O) groups excluding carboxylic acids is 1. The monoisotopic (exact) mass is 162 g/mol. The average molecular weight is 162 g/mol. The second kappa shape index (κ2) is 3.57. The summed E-state index contributed by atoms with van der Waals surface area (Å²) in [7, 11) is 0. The van der Waals surface area contributed by atoms with Crippen LogP contribution in [0.25, 0.3) is 6.08 Å². The number of rotatable bonds is 2. The highest BCUT2D eigenvalue weighted by Crippen LogP contribution is 2.02. The summed E-state index contributed by atoms with van der Waals surface area (Å²) < 4.78 is 0. The maximum atomic E-state index is 10.5. The lowest BCUT2D eigenvalue weighted by Crippen LogP contribution is -2.19. The maximum Gasteiger partial charge on any atom is 0.264 e. The molecule has 0 atom stereocenters. The summed E-state index contributed by atoms with van der Waals surface area (Å²) in [5.74, 6) is -0.598. The van der Waals surface area contributed by atoms with Gasteiger partial charge in [-0.2, -0.15) is 0 Å². The van der Waals surface area contributed by atoms with Crippen molar-refractivity contribution in [2.45, 2.75) is 0 Å². The van der Waals surface area contributed by atoms with Crippen LogP contribution in [0.1, 0.15) is 5.56 Å². The number of nitrogens with two attached hydrogens (primary N) is 2. The van der Waals surface area contributed by atoms with Crippen LogP contribution in [0.3, 0.4) is 0 Å². The van der Waals surface area contributed by atoms with Crippen LogP contribution >= 0.6 is 0 Å². The molecule has 1 aromatic carbocycles. The van der Waals surface area contributed by atoms with Gasteiger partial charge in [0.1, 0.15) is 0 Å². The minimum absolute atomic E-state index is 0.0706. The predicted octanol–water partition coefficient (Wildman–Crippen LogP) is 0.472. The molecule has 1 amide bonds. The molecule has 0 aliphatic rings.